The van der Waals surface area contributed by atoms with Gasteiger partial charge in [-0.3, -0.25) is 9.48 Å². The first kappa shape index (κ1) is 18.4. The molecule has 3 aliphatic rings. The van der Waals surface area contributed by atoms with Gasteiger partial charge in [0, 0.05) is 37.9 Å². The van der Waals surface area contributed by atoms with Crippen molar-refractivity contribution in [3.05, 3.63) is 48.4 Å². The molecule has 3 heterocycles. The molecular formula is C24H24N6O. The van der Waals surface area contributed by atoms with E-state index in [0.29, 0.717) is 12.4 Å². The van der Waals surface area contributed by atoms with Crippen molar-refractivity contribution in [1.29, 1.82) is 5.26 Å². The molecule has 0 radical (unpaired) electrons. The summed E-state index contributed by atoms with van der Waals surface area (Å²) >= 11 is 0. The predicted octanol–water partition coefficient (Wildman–Crippen LogP) is 3.38. The van der Waals surface area contributed by atoms with Gasteiger partial charge in [-0.05, 0) is 54.2 Å². The first-order valence-electron chi connectivity index (χ1n) is 10.9. The van der Waals surface area contributed by atoms with E-state index in [4.69, 9.17) is 0 Å². The molecule has 156 valence electrons. The van der Waals surface area contributed by atoms with Crippen LogP contribution in [0.15, 0.2) is 42.9 Å². The summed E-state index contributed by atoms with van der Waals surface area (Å²) in [6.45, 7) is 1.53. The average Bonchev–Trinajstić information content (AvgIpc) is 3.53. The minimum Gasteiger partial charge on any atom is -0.368 e. The van der Waals surface area contributed by atoms with Crippen molar-refractivity contribution in [2.45, 2.75) is 31.1 Å². The topological polar surface area (TPSA) is 86.8 Å². The van der Waals surface area contributed by atoms with E-state index >= 15 is 0 Å². The Balaban J connectivity index is 1.19. The number of nitrogens with zero attached hydrogens (tertiary/aromatic N) is 5. The number of aryl methyl sites for hydroxylation is 1. The van der Waals surface area contributed by atoms with E-state index < -0.39 is 0 Å². The fourth-order valence-corrected chi connectivity index (χ4v) is 5.33. The van der Waals surface area contributed by atoms with E-state index in [0.717, 1.165) is 54.3 Å². The largest absolute Gasteiger partial charge is 0.368 e. The molecule has 1 spiro atoms. The molecule has 0 unspecified atom stereocenters. The lowest BCUT2D eigenvalue weighted by Gasteiger charge is -2.16. The lowest BCUT2D eigenvalue weighted by atomic mass is 9.92. The van der Waals surface area contributed by atoms with Gasteiger partial charge in [-0.25, -0.2) is 4.98 Å². The second-order valence-electron chi connectivity index (χ2n) is 9.40. The summed E-state index contributed by atoms with van der Waals surface area (Å²) in [5.74, 6) is 0.492. The molecule has 1 N–H and O–H groups in total. The molecule has 1 amide bonds. The fourth-order valence-electron chi connectivity index (χ4n) is 5.33. The van der Waals surface area contributed by atoms with Crippen molar-refractivity contribution in [3.63, 3.8) is 0 Å². The van der Waals surface area contributed by atoms with E-state index in [1.807, 2.05) is 31.6 Å². The Kier molecular flexibility index (Phi) is 3.73. The van der Waals surface area contributed by atoms with Gasteiger partial charge >= 0.3 is 0 Å². The molecule has 3 aromatic rings. The maximum Gasteiger partial charge on any atom is 0.230 e. The van der Waals surface area contributed by atoms with Gasteiger partial charge in [-0.1, -0.05) is 12.1 Å². The summed E-state index contributed by atoms with van der Waals surface area (Å²) in [7, 11) is 1.90. The Hall–Kier alpha value is -3.40. The van der Waals surface area contributed by atoms with E-state index in [2.05, 4.69) is 38.5 Å². The van der Waals surface area contributed by atoms with E-state index in [1.165, 1.54) is 0 Å². The lowest BCUT2D eigenvalue weighted by Crippen LogP contribution is -2.27. The van der Waals surface area contributed by atoms with Crippen molar-refractivity contribution < 1.29 is 4.79 Å². The molecule has 7 heteroatoms. The summed E-state index contributed by atoms with van der Waals surface area (Å²) in [6.07, 6.45) is 9.72. The first-order chi connectivity index (χ1) is 15.0. The zero-order valence-corrected chi connectivity index (χ0v) is 17.5. The number of carbonyl (C=O) groups excluding carboxylic acids is 1. The zero-order chi connectivity index (χ0) is 21.2. The summed E-state index contributed by atoms with van der Waals surface area (Å²) in [5.41, 5.74) is 2.08. The number of nitrogens with one attached hydrogen (secondary N) is 1. The number of benzene rings is 1. The molecule has 3 fully saturated rings. The molecule has 1 aliphatic heterocycles. The minimum atomic E-state index is -0.312. The van der Waals surface area contributed by atoms with E-state index in [9.17, 15) is 10.1 Å². The van der Waals surface area contributed by atoms with Crippen molar-refractivity contribution in [3.8, 4) is 6.07 Å². The van der Waals surface area contributed by atoms with Crippen LogP contribution in [-0.4, -0.2) is 33.8 Å². The number of pyridine rings is 1. The maximum atomic E-state index is 12.9. The van der Waals surface area contributed by atoms with Crippen LogP contribution in [0.2, 0.25) is 0 Å². The summed E-state index contributed by atoms with van der Waals surface area (Å²) < 4.78 is 1.78. The van der Waals surface area contributed by atoms with Crippen LogP contribution >= 0.6 is 0 Å². The zero-order valence-electron chi connectivity index (χ0n) is 17.5. The lowest BCUT2D eigenvalue weighted by molar-refractivity contribution is -0.119. The van der Waals surface area contributed by atoms with E-state index in [1.54, 1.807) is 10.9 Å². The van der Waals surface area contributed by atoms with Crippen molar-refractivity contribution >= 4 is 28.2 Å². The van der Waals surface area contributed by atoms with Crippen molar-refractivity contribution in [2.24, 2.45) is 18.4 Å². The fraction of sp³-hybridized carbons (Fsp3) is 0.417. The summed E-state index contributed by atoms with van der Waals surface area (Å²) in [4.78, 5) is 19.5. The molecular weight excluding hydrogens is 388 g/mol. The third kappa shape index (κ3) is 2.82. The predicted molar refractivity (Wildman–Crippen MR) is 117 cm³/mol. The number of aromatic nitrogens is 3. The van der Waals surface area contributed by atoms with Gasteiger partial charge in [0.05, 0.1) is 29.3 Å². The van der Waals surface area contributed by atoms with Crippen LogP contribution in [0.3, 0.4) is 0 Å². The number of hydrogen-bond donors (Lipinski definition) is 1. The van der Waals surface area contributed by atoms with Gasteiger partial charge in [0.25, 0.3) is 0 Å². The number of amides is 1. The molecule has 1 saturated heterocycles. The van der Waals surface area contributed by atoms with Crippen LogP contribution in [0.5, 0.6) is 0 Å². The molecule has 2 saturated carbocycles. The highest BCUT2D eigenvalue weighted by atomic mass is 16.2. The van der Waals surface area contributed by atoms with Crippen LogP contribution in [0.25, 0.3) is 10.8 Å². The average molecular weight is 412 g/mol. The van der Waals surface area contributed by atoms with Gasteiger partial charge < -0.3 is 10.2 Å². The number of rotatable bonds is 4. The van der Waals surface area contributed by atoms with E-state index in [-0.39, 0.29) is 22.7 Å². The Labute approximate surface area is 180 Å². The second kappa shape index (κ2) is 6.30. The van der Waals surface area contributed by atoms with Gasteiger partial charge in [0.2, 0.25) is 5.91 Å². The summed E-state index contributed by atoms with van der Waals surface area (Å²) in [6, 6.07) is 10.7. The Morgan fingerprint density at radius 1 is 1.26 bits per heavy atom. The SMILES string of the molecule is Cn1cc(N2CC[C@@H](C(=O)Nc3cc4cc([C@]5(C#N)CC56CC6)ccc4cn3)C2)cn1. The molecule has 2 atom stereocenters. The smallest absolute Gasteiger partial charge is 0.230 e. The molecule has 6 rings (SSSR count). The Morgan fingerprint density at radius 3 is 2.84 bits per heavy atom. The third-order valence-corrected chi connectivity index (χ3v) is 7.51. The van der Waals surface area contributed by atoms with Gasteiger partial charge in [-0.2, -0.15) is 10.4 Å². The molecule has 2 aliphatic carbocycles. The van der Waals surface area contributed by atoms with Crippen LogP contribution in [0.4, 0.5) is 11.5 Å². The van der Waals surface area contributed by atoms with Gasteiger partial charge in [-0.15, -0.1) is 0 Å². The number of carbonyl (C=O) groups is 1. The number of hydrogen-bond acceptors (Lipinski definition) is 5. The Morgan fingerprint density at radius 2 is 2.13 bits per heavy atom. The van der Waals surface area contributed by atoms with Gasteiger partial charge in [0.1, 0.15) is 5.82 Å². The monoisotopic (exact) mass is 412 g/mol. The van der Waals surface area contributed by atoms with Crippen LogP contribution in [-0.2, 0) is 17.3 Å². The summed E-state index contributed by atoms with van der Waals surface area (Å²) in [5, 5.41) is 19.1. The standard InChI is InChI=1S/C24H24N6O/c1-29-13-20(11-27-29)30-7-4-17(12-30)22(31)28-21-9-18-8-19(3-2-16(18)10-26-21)24(15-25)14-23(24)5-6-23/h2-3,8-11,13,17H,4-7,12,14H2,1H3,(H,26,28,31)/t17-,24-/m1/s1. The number of anilines is 2. The maximum absolute atomic E-state index is 12.9. The highest BCUT2D eigenvalue weighted by molar-refractivity contribution is 5.95. The van der Waals surface area contributed by atoms with Crippen LogP contribution < -0.4 is 10.2 Å². The quantitative estimate of drug-likeness (QED) is 0.710. The molecule has 2 aromatic heterocycles. The third-order valence-electron chi connectivity index (χ3n) is 7.51. The number of nitriles is 1. The van der Waals surface area contributed by atoms with Crippen molar-refractivity contribution in [2.75, 3.05) is 23.3 Å². The minimum absolute atomic E-state index is 0.00187. The molecule has 31 heavy (non-hydrogen) atoms. The molecule has 1 aromatic carbocycles. The molecule has 7 nitrogen and oxygen atoms in total. The highest BCUT2D eigenvalue weighted by Gasteiger charge is 2.75. The van der Waals surface area contributed by atoms with Crippen LogP contribution in [0, 0.1) is 22.7 Å². The molecule has 0 bridgehead atoms. The van der Waals surface area contributed by atoms with Gasteiger partial charge in [0.15, 0.2) is 0 Å². The van der Waals surface area contributed by atoms with Crippen LogP contribution in [0.1, 0.15) is 31.2 Å². The normalized spacial score (nSPS) is 25.5. The number of fused-ring (bicyclic) bond motifs is 1. The first-order valence-corrected chi connectivity index (χ1v) is 10.9. The second-order valence-corrected chi connectivity index (χ2v) is 9.40. The highest BCUT2D eigenvalue weighted by Crippen LogP contribution is 2.78. The van der Waals surface area contributed by atoms with Crippen molar-refractivity contribution in [1.82, 2.24) is 14.8 Å². The Bertz CT molecular complexity index is 1250.